The topological polar surface area (TPSA) is 78.6 Å². The van der Waals surface area contributed by atoms with E-state index in [9.17, 15) is 4.79 Å². The van der Waals surface area contributed by atoms with E-state index < -0.39 is 0 Å². The summed E-state index contributed by atoms with van der Waals surface area (Å²) in [5, 5.41) is 11.6. The molecule has 0 saturated carbocycles. The van der Waals surface area contributed by atoms with E-state index in [1.807, 2.05) is 0 Å². The van der Waals surface area contributed by atoms with Gasteiger partial charge in [0.1, 0.15) is 0 Å². The van der Waals surface area contributed by atoms with Crippen LogP contribution in [-0.4, -0.2) is 55.2 Å². The number of nitrogens with one attached hydrogen (secondary N) is 1. The van der Waals surface area contributed by atoms with Gasteiger partial charge in [0.15, 0.2) is 0 Å². The van der Waals surface area contributed by atoms with Gasteiger partial charge in [0.2, 0.25) is 5.91 Å². The number of aliphatic hydroxyl groups is 1. The van der Waals surface area contributed by atoms with Crippen LogP contribution in [0, 0.1) is 5.92 Å². The van der Waals surface area contributed by atoms with Crippen LogP contribution in [0.25, 0.3) is 0 Å². The molecule has 0 aromatic rings. The number of piperidine rings is 1. The molecular formula is C13H27N3O2. The summed E-state index contributed by atoms with van der Waals surface area (Å²) in [6.07, 6.45) is 5.15. The number of aliphatic hydroxyl groups excluding tert-OH is 1. The number of hydrogen-bond donors (Lipinski definition) is 3. The lowest BCUT2D eigenvalue weighted by molar-refractivity contribution is -0.126. The third-order valence-electron chi connectivity index (χ3n) is 3.45. The Hall–Kier alpha value is -0.650. The van der Waals surface area contributed by atoms with E-state index in [0.717, 1.165) is 51.7 Å². The minimum atomic E-state index is 0.128. The molecule has 18 heavy (non-hydrogen) atoms. The number of likely N-dealkylation sites (tertiary alicyclic amines) is 1. The van der Waals surface area contributed by atoms with E-state index >= 15 is 0 Å². The Morgan fingerprint density at radius 2 is 2.22 bits per heavy atom. The molecule has 1 rings (SSSR count). The summed E-state index contributed by atoms with van der Waals surface area (Å²) in [6.45, 7) is 4.37. The van der Waals surface area contributed by atoms with Gasteiger partial charge in [-0.25, -0.2) is 0 Å². The molecule has 5 heteroatoms. The summed E-state index contributed by atoms with van der Waals surface area (Å²) in [4.78, 5) is 14.2. The van der Waals surface area contributed by atoms with Crippen molar-refractivity contribution in [1.29, 1.82) is 0 Å². The van der Waals surface area contributed by atoms with Crippen molar-refractivity contribution in [3.63, 3.8) is 0 Å². The highest BCUT2D eigenvalue weighted by atomic mass is 16.2. The molecule has 0 radical (unpaired) electrons. The van der Waals surface area contributed by atoms with E-state index in [4.69, 9.17) is 10.8 Å². The second-order valence-corrected chi connectivity index (χ2v) is 5.00. The number of hydrogen-bond acceptors (Lipinski definition) is 4. The van der Waals surface area contributed by atoms with Crippen molar-refractivity contribution in [1.82, 2.24) is 10.2 Å². The molecular weight excluding hydrogens is 230 g/mol. The molecule has 5 nitrogen and oxygen atoms in total. The fourth-order valence-electron chi connectivity index (χ4n) is 2.44. The Labute approximate surface area is 110 Å². The molecule has 0 bridgehead atoms. The van der Waals surface area contributed by atoms with Gasteiger partial charge in [-0.15, -0.1) is 0 Å². The van der Waals surface area contributed by atoms with Gasteiger partial charge < -0.3 is 21.1 Å². The third kappa shape index (κ3) is 5.80. The Balaban J connectivity index is 2.21. The Kier molecular flexibility index (Phi) is 7.96. The van der Waals surface area contributed by atoms with Crippen molar-refractivity contribution in [3.8, 4) is 0 Å². The Morgan fingerprint density at radius 3 is 2.94 bits per heavy atom. The van der Waals surface area contributed by atoms with E-state index in [0.29, 0.717) is 13.1 Å². The highest BCUT2D eigenvalue weighted by Crippen LogP contribution is 2.17. The molecule has 0 aromatic heterocycles. The molecule has 1 saturated heterocycles. The highest BCUT2D eigenvalue weighted by molar-refractivity contribution is 5.78. The fourth-order valence-corrected chi connectivity index (χ4v) is 2.44. The van der Waals surface area contributed by atoms with Crippen LogP contribution in [-0.2, 0) is 4.79 Å². The van der Waals surface area contributed by atoms with Gasteiger partial charge >= 0.3 is 0 Å². The predicted octanol–water partition coefficient (Wildman–Crippen LogP) is -0.0641. The zero-order valence-electron chi connectivity index (χ0n) is 11.2. The molecule has 1 aliphatic heterocycles. The van der Waals surface area contributed by atoms with Gasteiger partial charge in [0.05, 0.1) is 5.92 Å². The van der Waals surface area contributed by atoms with Crippen LogP contribution in [0.15, 0.2) is 0 Å². The van der Waals surface area contributed by atoms with E-state index in [1.54, 1.807) is 0 Å². The summed E-state index contributed by atoms with van der Waals surface area (Å²) < 4.78 is 0. The van der Waals surface area contributed by atoms with Gasteiger partial charge in [-0.05, 0) is 45.2 Å². The largest absolute Gasteiger partial charge is 0.396 e. The predicted molar refractivity (Wildman–Crippen MR) is 72.2 cm³/mol. The van der Waals surface area contributed by atoms with Crippen molar-refractivity contribution < 1.29 is 9.90 Å². The Morgan fingerprint density at radius 1 is 1.39 bits per heavy atom. The lowest BCUT2D eigenvalue weighted by atomic mass is 9.97. The molecule has 0 aromatic carbocycles. The Bertz CT molecular complexity index is 236. The molecule has 1 aliphatic rings. The van der Waals surface area contributed by atoms with Gasteiger partial charge in [0.25, 0.3) is 0 Å². The molecule has 0 aliphatic carbocycles. The molecule has 1 heterocycles. The molecule has 106 valence electrons. The summed E-state index contributed by atoms with van der Waals surface area (Å²) in [7, 11) is 0. The van der Waals surface area contributed by atoms with Crippen molar-refractivity contribution in [2.24, 2.45) is 11.7 Å². The maximum absolute atomic E-state index is 11.9. The van der Waals surface area contributed by atoms with Crippen LogP contribution >= 0.6 is 0 Å². The molecule has 1 amide bonds. The van der Waals surface area contributed by atoms with Crippen molar-refractivity contribution in [2.75, 3.05) is 39.3 Å². The first-order valence-corrected chi connectivity index (χ1v) is 7.09. The highest BCUT2D eigenvalue weighted by Gasteiger charge is 2.24. The second kappa shape index (κ2) is 9.30. The van der Waals surface area contributed by atoms with Gasteiger partial charge in [-0.1, -0.05) is 0 Å². The number of nitrogens with two attached hydrogens (primary N) is 1. The number of carbonyl (C=O) groups excluding carboxylic acids is 1. The normalized spacial score (nSPS) is 20.9. The zero-order valence-corrected chi connectivity index (χ0v) is 11.2. The lowest BCUT2D eigenvalue weighted by Gasteiger charge is -2.31. The quantitative estimate of drug-likeness (QED) is 0.532. The number of nitrogens with zero attached hydrogens (tertiary/aromatic N) is 1. The number of carbonyl (C=O) groups is 1. The van der Waals surface area contributed by atoms with Crippen LogP contribution in [0.1, 0.15) is 32.1 Å². The van der Waals surface area contributed by atoms with Gasteiger partial charge in [-0.3, -0.25) is 4.79 Å². The van der Waals surface area contributed by atoms with E-state index in [-0.39, 0.29) is 18.4 Å². The summed E-state index contributed by atoms with van der Waals surface area (Å²) >= 11 is 0. The van der Waals surface area contributed by atoms with Gasteiger partial charge in [-0.2, -0.15) is 0 Å². The fraction of sp³-hybridized carbons (Fsp3) is 0.923. The first kappa shape index (κ1) is 15.4. The van der Waals surface area contributed by atoms with Crippen molar-refractivity contribution >= 4 is 5.91 Å². The van der Waals surface area contributed by atoms with Crippen LogP contribution < -0.4 is 11.1 Å². The maximum Gasteiger partial charge on any atom is 0.224 e. The van der Waals surface area contributed by atoms with Crippen molar-refractivity contribution in [2.45, 2.75) is 32.1 Å². The zero-order chi connectivity index (χ0) is 13.2. The number of amides is 1. The van der Waals surface area contributed by atoms with Crippen LogP contribution in [0.4, 0.5) is 0 Å². The smallest absolute Gasteiger partial charge is 0.224 e. The summed E-state index contributed by atoms with van der Waals surface area (Å²) in [5.41, 5.74) is 5.38. The van der Waals surface area contributed by atoms with E-state index in [2.05, 4.69) is 10.2 Å². The molecule has 1 atom stereocenters. The average Bonchev–Trinajstić information content (AvgIpc) is 2.41. The minimum Gasteiger partial charge on any atom is -0.396 e. The molecule has 1 fully saturated rings. The lowest BCUT2D eigenvalue weighted by Crippen LogP contribution is -2.44. The SMILES string of the molecule is NCCNC(=O)C1CCCN(CCCCCO)C1. The molecule has 4 N–H and O–H groups in total. The molecule has 0 spiro atoms. The first-order valence-electron chi connectivity index (χ1n) is 7.09. The minimum absolute atomic E-state index is 0.128. The van der Waals surface area contributed by atoms with Crippen LogP contribution in [0.2, 0.25) is 0 Å². The standard InChI is InChI=1S/C13H27N3O2/c14-6-7-15-13(18)12-5-4-9-16(11-12)8-2-1-3-10-17/h12,17H,1-11,14H2,(H,15,18). The van der Waals surface area contributed by atoms with E-state index in [1.165, 1.54) is 0 Å². The van der Waals surface area contributed by atoms with Crippen LogP contribution in [0.5, 0.6) is 0 Å². The summed E-state index contributed by atoms with van der Waals surface area (Å²) in [5.74, 6) is 0.281. The van der Waals surface area contributed by atoms with Gasteiger partial charge in [0, 0.05) is 26.2 Å². The molecule has 1 unspecified atom stereocenters. The number of unbranched alkanes of at least 4 members (excludes halogenated alkanes) is 2. The average molecular weight is 257 g/mol. The monoisotopic (exact) mass is 257 g/mol. The second-order valence-electron chi connectivity index (χ2n) is 5.00. The number of rotatable bonds is 8. The first-order chi connectivity index (χ1) is 8.77. The third-order valence-corrected chi connectivity index (χ3v) is 3.45. The van der Waals surface area contributed by atoms with Crippen molar-refractivity contribution in [3.05, 3.63) is 0 Å². The summed E-state index contributed by atoms with van der Waals surface area (Å²) in [6, 6.07) is 0. The maximum atomic E-state index is 11.9. The van der Waals surface area contributed by atoms with Crippen LogP contribution in [0.3, 0.4) is 0 Å².